The number of aromatic amines is 1. The van der Waals surface area contributed by atoms with Crippen molar-refractivity contribution >= 4 is 47.0 Å². The molecule has 2 aromatic heterocycles. The zero-order valence-corrected chi connectivity index (χ0v) is 27.7. The second-order valence-corrected chi connectivity index (χ2v) is 12.3. The molecule has 0 saturated carbocycles. The molecule has 2 bridgehead atoms. The van der Waals surface area contributed by atoms with Crippen molar-refractivity contribution in [2.75, 3.05) is 30.8 Å². The van der Waals surface area contributed by atoms with E-state index >= 15 is 0 Å². The van der Waals surface area contributed by atoms with E-state index in [2.05, 4.69) is 42.5 Å². The van der Waals surface area contributed by atoms with Gasteiger partial charge in [0.25, 0.3) is 0 Å². The maximum atomic E-state index is 13.8. The predicted molar refractivity (Wildman–Crippen MR) is 182 cm³/mol. The largest absolute Gasteiger partial charge is 0.453 e. The highest BCUT2D eigenvalue weighted by atomic mass is 35.5. The van der Waals surface area contributed by atoms with E-state index in [1.54, 1.807) is 47.4 Å². The van der Waals surface area contributed by atoms with E-state index in [0.717, 1.165) is 0 Å². The summed E-state index contributed by atoms with van der Waals surface area (Å²) in [6.45, 7) is 0.674. The summed E-state index contributed by atoms with van der Waals surface area (Å²) in [4.78, 5) is 48.7. The first-order valence-electron chi connectivity index (χ1n) is 16.0. The number of aliphatic hydroxyl groups is 1. The Morgan fingerprint density at radius 3 is 2.74 bits per heavy atom. The Labute approximate surface area is 291 Å². The third-order valence-electron chi connectivity index (χ3n) is 8.53. The van der Waals surface area contributed by atoms with Crippen molar-refractivity contribution in [1.29, 1.82) is 5.26 Å². The number of β-amino-alcohol motifs (C(OH)–C–C–N with tert-alkyl or cyclic N) is 1. The van der Waals surface area contributed by atoms with E-state index in [1.165, 1.54) is 24.2 Å². The molecule has 258 valence electrons. The van der Waals surface area contributed by atoms with Gasteiger partial charge in [-0.1, -0.05) is 24.4 Å². The molecule has 0 aliphatic carbocycles. The van der Waals surface area contributed by atoms with Crippen LogP contribution >= 0.6 is 11.6 Å². The Hall–Kier alpha value is -5.79. The number of H-pyrrole nitrogens is 1. The number of likely N-dealkylation sites (tertiary alicyclic amines) is 1. The smallest absolute Gasteiger partial charge is 0.411 e. The number of nitrogens with zero attached hydrogens (tertiary/aromatic N) is 7. The maximum absolute atomic E-state index is 13.8. The van der Waals surface area contributed by atoms with Gasteiger partial charge in [-0.3, -0.25) is 14.9 Å². The lowest BCUT2D eigenvalue weighted by Crippen LogP contribution is -2.42. The topological polar surface area (TPSA) is 216 Å². The molecule has 0 radical (unpaired) electrons. The number of halogens is 1. The first-order valence-corrected chi connectivity index (χ1v) is 16.3. The fraction of sp³-hybridized carbons (Fsp3) is 0.333. The maximum Gasteiger partial charge on any atom is 0.411 e. The highest BCUT2D eigenvalue weighted by Gasteiger charge is 2.32. The molecule has 2 aliphatic heterocycles. The number of aliphatic hydroxyl groups excluding tert-OH is 1. The zero-order valence-electron chi connectivity index (χ0n) is 27.0. The number of ether oxygens (including phenoxy) is 1. The number of carbonyl (C=O) groups is 3. The number of aromatic nitrogens is 6. The van der Waals surface area contributed by atoms with Crippen LogP contribution in [0, 0.1) is 11.3 Å². The fourth-order valence-corrected chi connectivity index (χ4v) is 6.24. The number of tetrazole rings is 1. The number of hydrogen-bond donors (Lipinski definition) is 5. The van der Waals surface area contributed by atoms with Crippen LogP contribution in [0.4, 0.5) is 16.2 Å². The Morgan fingerprint density at radius 1 is 1.16 bits per heavy atom. The number of carbonyl (C=O) groups excluding carboxylic acids is 3. The summed E-state index contributed by atoms with van der Waals surface area (Å²) >= 11 is 6.24. The van der Waals surface area contributed by atoms with E-state index < -0.39 is 30.2 Å². The van der Waals surface area contributed by atoms with Gasteiger partial charge in [0.1, 0.15) is 35.7 Å². The van der Waals surface area contributed by atoms with E-state index in [4.69, 9.17) is 21.3 Å². The Balaban J connectivity index is 1.32. The number of methoxy groups -OCH3 is 1. The molecule has 2 aliphatic rings. The number of imidazole rings is 1. The van der Waals surface area contributed by atoms with Crippen molar-refractivity contribution in [2.24, 2.45) is 0 Å². The van der Waals surface area contributed by atoms with Gasteiger partial charge >= 0.3 is 6.09 Å². The van der Waals surface area contributed by atoms with Crippen molar-refractivity contribution < 1.29 is 24.2 Å². The molecular weight excluding hydrogens is 666 g/mol. The molecule has 0 unspecified atom stereocenters. The summed E-state index contributed by atoms with van der Waals surface area (Å²) in [5.41, 5.74) is 3.03. The monoisotopic (exact) mass is 699 g/mol. The molecule has 4 heterocycles. The van der Waals surface area contributed by atoms with Crippen molar-refractivity contribution in [3.8, 4) is 23.0 Å². The van der Waals surface area contributed by atoms with Gasteiger partial charge in [0, 0.05) is 46.7 Å². The molecule has 0 spiro atoms. The normalized spacial score (nSPS) is 19.0. The molecule has 5 N–H and O–H groups in total. The Morgan fingerprint density at radius 2 is 2.00 bits per heavy atom. The van der Waals surface area contributed by atoms with Gasteiger partial charge in [-0.25, -0.2) is 9.78 Å². The average Bonchev–Trinajstić information content (AvgIpc) is 3.89. The van der Waals surface area contributed by atoms with E-state index in [-0.39, 0.29) is 18.1 Å². The van der Waals surface area contributed by atoms with Gasteiger partial charge in [0.05, 0.1) is 24.9 Å². The van der Waals surface area contributed by atoms with Crippen LogP contribution in [0.1, 0.15) is 55.2 Å². The summed E-state index contributed by atoms with van der Waals surface area (Å²) in [6.07, 6.45) is 5.77. The van der Waals surface area contributed by atoms with Gasteiger partial charge in [-0.2, -0.15) is 9.94 Å². The van der Waals surface area contributed by atoms with Crippen molar-refractivity contribution in [2.45, 2.75) is 50.3 Å². The molecule has 4 aromatic rings. The van der Waals surface area contributed by atoms with Crippen LogP contribution in [0.15, 0.2) is 48.8 Å². The zero-order chi connectivity index (χ0) is 35.2. The number of nitrogens with one attached hydrogen (secondary N) is 4. The predicted octanol–water partition coefficient (Wildman–Crippen LogP) is 3.57. The second-order valence-electron chi connectivity index (χ2n) is 11.9. The first-order chi connectivity index (χ1) is 24.2. The fourth-order valence-electron chi connectivity index (χ4n) is 6.06. The number of anilines is 2. The van der Waals surface area contributed by atoms with Crippen molar-refractivity contribution in [1.82, 2.24) is 40.4 Å². The van der Waals surface area contributed by atoms with Crippen molar-refractivity contribution in [3.05, 3.63) is 70.9 Å². The van der Waals surface area contributed by atoms with E-state index in [0.29, 0.717) is 83.4 Å². The average molecular weight is 700 g/mol. The highest BCUT2D eigenvalue weighted by Crippen LogP contribution is 2.35. The van der Waals surface area contributed by atoms with Crippen molar-refractivity contribution in [3.63, 3.8) is 0 Å². The van der Waals surface area contributed by atoms with Crippen LogP contribution in [0.3, 0.4) is 0 Å². The number of nitriles is 1. The summed E-state index contributed by atoms with van der Waals surface area (Å²) in [5.74, 6) is -0.198. The third kappa shape index (κ3) is 7.74. The molecule has 16 nitrogen and oxygen atoms in total. The molecule has 3 amide bonds. The molecular formula is C33H34ClN11O5. The minimum Gasteiger partial charge on any atom is -0.453 e. The molecule has 17 heteroatoms. The lowest BCUT2D eigenvalue weighted by molar-refractivity contribution is -0.131. The number of fused-ring (bicyclic) bond motifs is 4. The molecule has 50 heavy (non-hydrogen) atoms. The van der Waals surface area contributed by atoms with Gasteiger partial charge in [0.2, 0.25) is 11.8 Å². The number of amides is 3. The van der Waals surface area contributed by atoms with Crippen LogP contribution in [0.25, 0.3) is 23.0 Å². The lowest BCUT2D eigenvalue weighted by atomic mass is 10.0. The number of hydrogen-bond acceptors (Lipinski definition) is 11. The molecule has 3 atom stereocenters. The van der Waals surface area contributed by atoms with Crippen LogP contribution < -0.4 is 16.0 Å². The van der Waals surface area contributed by atoms with Crippen LogP contribution in [0.5, 0.6) is 0 Å². The molecule has 6 rings (SSSR count). The van der Waals surface area contributed by atoms with Crippen LogP contribution in [-0.4, -0.2) is 90.4 Å². The minimum absolute atomic E-state index is 0.154. The number of rotatable bonds is 6. The summed E-state index contributed by atoms with van der Waals surface area (Å²) in [5, 5.41) is 41.0. The van der Waals surface area contributed by atoms with Gasteiger partial charge in [-0.05, 0) is 72.2 Å². The van der Waals surface area contributed by atoms with Gasteiger partial charge in [0.15, 0.2) is 0 Å². The minimum atomic E-state index is -0.682. The number of benzene rings is 2. The highest BCUT2D eigenvalue weighted by molar-refractivity contribution is 6.30. The van der Waals surface area contributed by atoms with Crippen LogP contribution in [-0.2, 0) is 14.3 Å². The molecule has 1 saturated heterocycles. The van der Waals surface area contributed by atoms with E-state index in [9.17, 15) is 24.8 Å². The third-order valence-corrected chi connectivity index (χ3v) is 8.76. The SMILES string of the molecule is COC(=O)Nc1ccc2c(c1)N[C@@H](C(=O)N1CC[C@@H](O)C1)CCCC[C@H](NC(=O)/C=C/c1cc(Cl)ccc1-n1cnnn1)c1nc-2c(C#N)[nH]1. The van der Waals surface area contributed by atoms with Crippen LogP contribution in [0.2, 0.25) is 5.02 Å². The van der Waals surface area contributed by atoms with Gasteiger partial charge < -0.3 is 30.4 Å². The molecule has 1 fully saturated rings. The van der Waals surface area contributed by atoms with E-state index in [1.807, 2.05) is 0 Å². The lowest BCUT2D eigenvalue weighted by Gasteiger charge is -2.26. The standard InChI is InChI=1S/C33H34ClN11O5/c1-50-33(49)37-21-8-9-23-26(15-21)38-25(32(48)44-13-12-22(46)17-44)5-3-2-4-24(31-40-27(16-35)30(23)41-31)39-29(47)11-6-19-14-20(34)7-10-28(19)45-18-36-42-43-45/h6-11,14-15,18,22,24-25,38,46H,2-5,12-13,17H2,1H3,(H,37,49)(H,39,47)(H,40,41)/b11-6+/t22-,24+,25-/m1/s1. The Bertz CT molecular complexity index is 1960. The first kappa shape index (κ1) is 34.1. The molecule has 2 aromatic carbocycles. The van der Waals surface area contributed by atoms with Gasteiger partial charge in [-0.15, -0.1) is 5.10 Å². The second kappa shape index (κ2) is 15.2. The quantitative estimate of drug-likeness (QED) is 0.183. The summed E-state index contributed by atoms with van der Waals surface area (Å²) < 4.78 is 6.21. The Kier molecular flexibility index (Phi) is 10.4. The summed E-state index contributed by atoms with van der Waals surface area (Å²) in [6, 6.07) is 11.0. The summed E-state index contributed by atoms with van der Waals surface area (Å²) in [7, 11) is 1.25.